The molecule has 0 unspecified atom stereocenters. The number of aromatic nitrogens is 5. The predicted octanol–water partition coefficient (Wildman–Crippen LogP) is 6.23. The maximum Gasteiger partial charge on any atom is 0.433 e. The highest BCUT2D eigenvalue weighted by Crippen LogP contribution is 2.33. The van der Waals surface area contributed by atoms with Crippen molar-refractivity contribution in [3.63, 3.8) is 0 Å². The second-order valence-electron chi connectivity index (χ2n) is 8.13. The fourth-order valence-electron chi connectivity index (χ4n) is 3.75. The highest BCUT2D eigenvalue weighted by molar-refractivity contribution is 6.36. The van der Waals surface area contributed by atoms with Crippen molar-refractivity contribution in [2.24, 2.45) is 0 Å². The van der Waals surface area contributed by atoms with E-state index >= 15 is 0 Å². The van der Waals surface area contributed by atoms with Crippen molar-refractivity contribution in [2.75, 3.05) is 12.4 Å². The lowest BCUT2D eigenvalue weighted by Crippen LogP contribution is -2.15. The number of methoxy groups -OCH3 is 1. The minimum Gasteiger partial charge on any atom is -0.497 e. The van der Waals surface area contributed by atoms with Gasteiger partial charge in [-0.05, 0) is 42.5 Å². The fraction of sp³-hybridized carbons (Fsp3) is 0.120. The fourth-order valence-corrected chi connectivity index (χ4v) is 4.27. The molecule has 0 aliphatic heterocycles. The van der Waals surface area contributed by atoms with Crippen LogP contribution in [0.15, 0.2) is 67.0 Å². The van der Waals surface area contributed by atoms with E-state index in [1.165, 1.54) is 30.3 Å². The molecule has 0 spiro atoms. The van der Waals surface area contributed by atoms with Gasteiger partial charge in [-0.1, -0.05) is 29.3 Å². The summed E-state index contributed by atoms with van der Waals surface area (Å²) in [5.74, 6) is -0.183. The SMILES string of the molecule is COc1ccc(-c2cc(C(F)(F)F)n3nc(C(=O)Nc4cnn(Cc5c(Cl)cccc5Cl)c4)cc3n2)cc1. The lowest BCUT2D eigenvalue weighted by molar-refractivity contribution is -0.142. The monoisotopic (exact) mass is 560 g/mol. The summed E-state index contributed by atoms with van der Waals surface area (Å²) < 4.78 is 48.9. The Hall–Kier alpha value is -4.09. The summed E-state index contributed by atoms with van der Waals surface area (Å²) in [4.78, 5) is 17.1. The van der Waals surface area contributed by atoms with Crippen molar-refractivity contribution in [2.45, 2.75) is 12.7 Å². The van der Waals surface area contributed by atoms with Gasteiger partial charge in [0, 0.05) is 33.4 Å². The summed E-state index contributed by atoms with van der Waals surface area (Å²) in [5.41, 5.74) is -0.00180. The van der Waals surface area contributed by atoms with E-state index in [2.05, 4.69) is 20.5 Å². The first-order chi connectivity index (χ1) is 18.1. The molecule has 0 saturated carbocycles. The third kappa shape index (κ3) is 5.15. The zero-order chi connectivity index (χ0) is 27.0. The van der Waals surface area contributed by atoms with E-state index in [9.17, 15) is 18.0 Å². The zero-order valence-corrected chi connectivity index (χ0v) is 21.0. The van der Waals surface area contributed by atoms with Crippen LogP contribution in [0.3, 0.4) is 0 Å². The van der Waals surface area contributed by atoms with Crippen LogP contribution in [-0.4, -0.2) is 37.4 Å². The lowest BCUT2D eigenvalue weighted by Gasteiger charge is -2.11. The van der Waals surface area contributed by atoms with Gasteiger partial charge in [0.2, 0.25) is 0 Å². The van der Waals surface area contributed by atoms with Crippen LogP contribution in [0.2, 0.25) is 10.0 Å². The molecule has 5 rings (SSSR count). The number of rotatable bonds is 6. The Balaban J connectivity index is 1.42. The molecule has 0 aliphatic rings. The molecule has 0 fully saturated rings. The first-order valence-corrected chi connectivity index (χ1v) is 11.8. The van der Waals surface area contributed by atoms with Gasteiger partial charge in [0.05, 0.1) is 31.2 Å². The third-order valence-corrected chi connectivity index (χ3v) is 6.32. The molecule has 13 heteroatoms. The van der Waals surface area contributed by atoms with Crippen LogP contribution in [0.4, 0.5) is 18.9 Å². The molecule has 1 N–H and O–H groups in total. The molecule has 0 bridgehead atoms. The lowest BCUT2D eigenvalue weighted by atomic mass is 10.1. The van der Waals surface area contributed by atoms with Gasteiger partial charge in [0.15, 0.2) is 17.0 Å². The van der Waals surface area contributed by atoms with Crippen LogP contribution >= 0.6 is 23.2 Å². The number of fused-ring (bicyclic) bond motifs is 1. The topological polar surface area (TPSA) is 86.3 Å². The normalized spacial score (nSPS) is 11.6. The number of nitrogens with one attached hydrogen (secondary N) is 1. The average molecular weight is 561 g/mol. The molecule has 0 aliphatic carbocycles. The van der Waals surface area contributed by atoms with Gasteiger partial charge in [-0.15, -0.1) is 0 Å². The van der Waals surface area contributed by atoms with Crippen LogP contribution in [0, 0.1) is 0 Å². The smallest absolute Gasteiger partial charge is 0.433 e. The minimum atomic E-state index is -4.75. The van der Waals surface area contributed by atoms with E-state index in [0.717, 1.165) is 6.07 Å². The van der Waals surface area contributed by atoms with Crippen LogP contribution in [0.5, 0.6) is 5.75 Å². The second kappa shape index (κ2) is 9.99. The van der Waals surface area contributed by atoms with Crippen LogP contribution in [-0.2, 0) is 12.7 Å². The van der Waals surface area contributed by atoms with Crippen molar-refractivity contribution >= 4 is 40.4 Å². The Labute approximate surface area is 223 Å². The van der Waals surface area contributed by atoms with E-state index in [4.69, 9.17) is 27.9 Å². The van der Waals surface area contributed by atoms with Gasteiger partial charge >= 0.3 is 6.18 Å². The number of hydrogen-bond acceptors (Lipinski definition) is 5. The van der Waals surface area contributed by atoms with Gasteiger partial charge < -0.3 is 10.1 Å². The number of amides is 1. The number of alkyl halides is 3. The molecule has 3 aromatic heterocycles. The third-order valence-electron chi connectivity index (χ3n) is 5.61. The zero-order valence-electron chi connectivity index (χ0n) is 19.5. The first-order valence-electron chi connectivity index (χ1n) is 11.0. The largest absolute Gasteiger partial charge is 0.497 e. The van der Waals surface area contributed by atoms with E-state index in [0.29, 0.717) is 37.1 Å². The standard InChI is InChI=1S/C25H17Cl2F3N6O2/c1-38-16-7-5-14(6-8-16)20-9-22(25(28,29)30)36-23(33-20)10-21(34-36)24(37)32-15-11-31-35(12-15)13-17-18(26)3-2-4-19(17)27/h2-12H,13H2,1H3,(H,32,37). The maximum atomic E-state index is 13.9. The predicted molar refractivity (Wildman–Crippen MR) is 136 cm³/mol. The molecule has 1 amide bonds. The van der Waals surface area contributed by atoms with Gasteiger partial charge in [-0.3, -0.25) is 9.48 Å². The molecular weight excluding hydrogens is 544 g/mol. The number of ether oxygens (including phenoxy) is 1. The second-order valence-corrected chi connectivity index (χ2v) is 8.95. The maximum absolute atomic E-state index is 13.9. The van der Waals surface area contributed by atoms with Crippen molar-refractivity contribution in [3.05, 3.63) is 94.0 Å². The molecule has 8 nitrogen and oxygen atoms in total. The van der Waals surface area contributed by atoms with Crippen molar-refractivity contribution < 1.29 is 22.7 Å². The van der Waals surface area contributed by atoms with Crippen molar-refractivity contribution in [3.8, 4) is 17.0 Å². The first kappa shape index (κ1) is 25.6. The number of halogens is 5. The molecule has 0 saturated heterocycles. The quantitative estimate of drug-likeness (QED) is 0.266. The van der Waals surface area contributed by atoms with Gasteiger partial charge in [-0.2, -0.15) is 23.4 Å². The number of benzene rings is 2. The number of carbonyl (C=O) groups excluding carboxylic acids is 1. The van der Waals surface area contributed by atoms with Gasteiger partial charge in [0.1, 0.15) is 5.75 Å². The molecule has 38 heavy (non-hydrogen) atoms. The minimum absolute atomic E-state index is 0.0684. The van der Waals surface area contributed by atoms with Gasteiger partial charge in [0.25, 0.3) is 5.91 Å². The van der Waals surface area contributed by atoms with Crippen LogP contribution in [0.1, 0.15) is 21.7 Å². The Morgan fingerprint density at radius 3 is 2.45 bits per heavy atom. The number of carbonyl (C=O) groups is 1. The van der Waals surface area contributed by atoms with E-state index < -0.39 is 17.8 Å². The van der Waals surface area contributed by atoms with Gasteiger partial charge in [-0.25, -0.2) is 9.50 Å². The Bertz CT molecular complexity index is 1630. The number of anilines is 1. The summed E-state index contributed by atoms with van der Waals surface area (Å²) >= 11 is 12.4. The molecule has 3 heterocycles. The summed E-state index contributed by atoms with van der Waals surface area (Å²) in [6, 6.07) is 13.6. The summed E-state index contributed by atoms with van der Waals surface area (Å²) in [7, 11) is 1.49. The number of nitrogens with zero attached hydrogens (tertiary/aromatic N) is 5. The highest BCUT2D eigenvalue weighted by atomic mass is 35.5. The molecule has 0 radical (unpaired) electrons. The highest BCUT2D eigenvalue weighted by Gasteiger charge is 2.35. The molecule has 194 valence electrons. The van der Waals surface area contributed by atoms with E-state index in [1.54, 1.807) is 42.5 Å². The van der Waals surface area contributed by atoms with E-state index in [1.807, 2.05) is 0 Å². The van der Waals surface area contributed by atoms with E-state index in [-0.39, 0.29) is 23.6 Å². The average Bonchev–Trinajstić information content (AvgIpc) is 3.52. The Kier molecular flexibility index (Phi) is 6.72. The molecule has 2 aromatic carbocycles. The molecule has 0 atom stereocenters. The van der Waals surface area contributed by atoms with Crippen LogP contribution < -0.4 is 10.1 Å². The molecular formula is C25H17Cl2F3N6O2. The van der Waals surface area contributed by atoms with Crippen molar-refractivity contribution in [1.82, 2.24) is 24.4 Å². The summed E-state index contributed by atoms with van der Waals surface area (Å²) in [6.07, 6.45) is -1.82. The Morgan fingerprint density at radius 2 is 1.79 bits per heavy atom. The van der Waals surface area contributed by atoms with Crippen molar-refractivity contribution in [1.29, 1.82) is 0 Å². The summed E-state index contributed by atoms with van der Waals surface area (Å²) in [5, 5.41) is 11.6. The summed E-state index contributed by atoms with van der Waals surface area (Å²) in [6.45, 7) is 0.246. The number of hydrogen-bond donors (Lipinski definition) is 1. The Morgan fingerprint density at radius 1 is 1.08 bits per heavy atom. The molecule has 5 aromatic rings. The van der Waals surface area contributed by atoms with Crippen LogP contribution in [0.25, 0.3) is 16.9 Å².